The zero-order chi connectivity index (χ0) is 8.27. The molecule has 0 saturated carbocycles. The number of nitrogens with zero attached hydrogens (tertiary/aromatic N) is 1. The quantitative estimate of drug-likeness (QED) is 0.542. The molecule has 0 aliphatic rings. The van der Waals surface area contributed by atoms with Gasteiger partial charge in [-0.15, -0.1) is 0 Å². The number of rotatable bonds is 2. The standard InChI is InChI=1S/C8H9NOS/c1-6-3-4-7(10)5-8(6)11-9-2/h3-5,10H,2H2,1H3. The van der Waals surface area contributed by atoms with Gasteiger partial charge in [-0.25, -0.2) is 4.40 Å². The highest BCUT2D eigenvalue weighted by molar-refractivity contribution is 7.98. The molecule has 1 aromatic carbocycles. The highest BCUT2D eigenvalue weighted by atomic mass is 32.2. The number of benzene rings is 1. The molecular weight excluding hydrogens is 158 g/mol. The molecule has 0 bridgehead atoms. The molecule has 1 aromatic rings. The summed E-state index contributed by atoms with van der Waals surface area (Å²) in [5.74, 6) is 0.266. The first-order chi connectivity index (χ1) is 5.24. The molecule has 0 amide bonds. The van der Waals surface area contributed by atoms with Crippen molar-refractivity contribution in [3.05, 3.63) is 23.8 Å². The highest BCUT2D eigenvalue weighted by Gasteiger charge is 1.98. The molecule has 0 heterocycles. The summed E-state index contributed by atoms with van der Waals surface area (Å²) in [5, 5.41) is 9.09. The summed E-state index contributed by atoms with van der Waals surface area (Å²) in [6.45, 7) is 5.32. The van der Waals surface area contributed by atoms with Crippen molar-refractivity contribution in [1.82, 2.24) is 0 Å². The van der Waals surface area contributed by atoms with E-state index in [2.05, 4.69) is 11.1 Å². The Bertz CT molecular complexity index is 273. The molecule has 2 nitrogen and oxygen atoms in total. The molecule has 0 radical (unpaired) electrons. The zero-order valence-corrected chi connectivity index (χ0v) is 7.06. The Balaban J connectivity index is 3.01. The molecule has 0 aromatic heterocycles. The van der Waals surface area contributed by atoms with Gasteiger partial charge in [0.1, 0.15) is 5.75 Å². The van der Waals surface area contributed by atoms with Crippen LogP contribution in [0.5, 0.6) is 5.75 Å². The van der Waals surface area contributed by atoms with Crippen molar-refractivity contribution in [2.75, 3.05) is 0 Å². The topological polar surface area (TPSA) is 32.6 Å². The largest absolute Gasteiger partial charge is 0.508 e. The monoisotopic (exact) mass is 167 g/mol. The Morgan fingerprint density at radius 1 is 1.55 bits per heavy atom. The lowest BCUT2D eigenvalue weighted by molar-refractivity contribution is 0.473. The molecule has 3 heteroatoms. The molecule has 1 rings (SSSR count). The molecule has 0 spiro atoms. The minimum absolute atomic E-state index is 0.266. The third-order valence-electron chi connectivity index (χ3n) is 1.33. The van der Waals surface area contributed by atoms with E-state index in [1.165, 1.54) is 11.9 Å². The highest BCUT2D eigenvalue weighted by Crippen LogP contribution is 2.26. The average molecular weight is 167 g/mol. The average Bonchev–Trinajstić information content (AvgIpc) is 1.98. The van der Waals surface area contributed by atoms with Crippen LogP contribution < -0.4 is 0 Å². The van der Waals surface area contributed by atoms with E-state index in [0.717, 1.165) is 10.5 Å². The predicted molar refractivity (Wildman–Crippen MR) is 48.2 cm³/mol. The number of aromatic hydroxyl groups is 1. The van der Waals surface area contributed by atoms with Crippen LogP contribution in [0.1, 0.15) is 5.56 Å². The fourth-order valence-electron chi connectivity index (χ4n) is 0.757. The molecule has 11 heavy (non-hydrogen) atoms. The van der Waals surface area contributed by atoms with E-state index in [1.54, 1.807) is 12.1 Å². The number of phenols is 1. The fraction of sp³-hybridized carbons (Fsp3) is 0.125. The Hall–Kier alpha value is -0.960. The minimum Gasteiger partial charge on any atom is -0.508 e. The number of phenolic OH excluding ortho intramolecular Hbond substituents is 1. The van der Waals surface area contributed by atoms with Gasteiger partial charge in [0, 0.05) is 16.8 Å². The lowest BCUT2D eigenvalue weighted by Crippen LogP contribution is -1.76. The van der Waals surface area contributed by atoms with Crippen molar-refractivity contribution in [2.24, 2.45) is 4.40 Å². The third kappa shape index (κ3) is 1.98. The number of hydrogen-bond acceptors (Lipinski definition) is 3. The zero-order valence-electron chi connectivity index (χ0n) is 6.24. The molecule has 0 aliphatic heterocycles. The van der Waals surface area contributed by atoms with Crippen molar-refractivity contribution in [2.45, 2.75) is 11.8 Å². The van der Waals surface area contributed by atoms with E-state index in [9.17, 15) is 0 Å². The maximum atomic E-state index is 9.09. The molecule has 0 atom stereocenters. The Kier molecular flexibility index (Phi) is 2.54. The molecule has 58 valence electrons. The van der Waals surface area contributed by atoms with Gasteiger partial charge in [0.05, 0.1) is 0 Å². The number of hydrogen-bond donors (Lipinski definition) is 1. The van der Waals surface area contributed by atoms with Crippen LogP contribution in [0.25, 0.3) is 0 Å². The van der Waals surface area contributed by atoms with Crippen LogP contribution in [0.4, 0.5) is 0 Å². The van der Waals surface area contributed by atoms with Crippen LogP contribution in [-0.2, 0) is 0 Å². The van der Waals surface area contributed by atoms with Crippen LogP contribution in [-0.4, -0.2) is 11.8 Å². The van der Waals surface area contributed by atoms with Crippen molar-refractivity contribution < 1.29 is 5.11 Å². The van der Waals surface area contributed by atoms with Crippen molar-refractivity contribution in [3.8, 4) is 5.75 Å². The van der Waals surface area contributed by atoms with E-state index in [0.29, 0.717) is 0 Å². The smallest absolute Gasteiger partial charge is 0.116 e. The summed E-state index contributed by atoms with van der Waals surface area (Å²) < 4.78 is 3.66. The molecule has 1 N–H and O–H groups in total. The first kappa shape index (κ1) is 8.14. The number of aryl methyl sites for hydroxylation is 1. The SMILES string of the molecule is C=NSc1cc(O)ccc1C. The molecule has 0 saturated heterocycles. The van der Waals surface area contributed by atoms with E-state index in [-0.39, 0.29) is 5.75 Å². The lowest BCUT2D eigenvalue weighted by atomic mass is 10.2. The fourth-order valence-corrected chi connectivity index (χ4v) is 1.28. The second kappa shape index (κ2) is 3.44. The Morgan fingerprint density at radius 3 is 2.91 bits per heavy atom. The first-order valence-corrected chi connectivity index (χ1v) is 3.94. The Labute approximate surface area is 70.1 Å². The normalized spacial score (nSPS) is 9.55. The van der Waals surface area contributed by atoms with Gasteiger partial charge in [0.15, 0.2) is 0 Å². The van der Waals surface area contributed by atoms with Crippen LogP contribution in [0.2, 0.25) is 0 Å². The lowest BCUT2D eigenvalue weighted by Gasteiger charge is -2.00. The second-order valence-electron chi connectivity index (χ2n) is 2.17. The summed E-state index contributed by atoms with van der Waals surface area (Å²) in [4.78, 5) is 0.944. The summed E-state index contributed by atoms with van der Waals surface area (Å²) in [6, 6.07) is 5.18. The van der Waals surface area contributed by atoms with Crippen molar-refractivity contribution in [1.29, 1.82) is 0 Å². The van der Waals surface area contributed by atoms with Crippen LogP contribution in [0, 0.1) is 6.92 Å². The molecular formula is C8H9NOS. The van der Waals surface area contributed by atoms with Crippen LogP contribution in [0.15, 0.2) is 27.5 Å². The Morgan fingerprint density at radius 2 is 2.27 bits per heavy atom. The van der Waals surface area contributed by atoms with Crippen LogP contribution in [0.3, 0.4) is 0 Å². The summed E-state index contributed by atoms with van der Waals surface area (Å²) in [7, 11) is 0. The van der Waals surface area contributed by atoms with Gasteiger partial charge in [-0.1, -0.05) is 6.07 Å². The predicted octanol–water partition coefficient (Wildman–Crippen LogP) is 2.41. The first-order valence-electron chi connectivity index (χ1n) is 3.16. The van der Waals surface area contributed by atoms with E-state index >= 15 is 0 Å². The van der Waals surface area contributed by atoms with Gasteiger partial charge in [0.25, 0.3) is 0 Å². The second-order valence-corrected chi connectivity index (χ2v) is 3.05. The summed E-state index contributed by atoms with van der Waals surface area (Å²) >= 11 is 1.27. The summed E-state index contributed by atoms with van der Waals surface area (Å²) in [5.41, 5.74) is 1.10. The summed E-state index contributed by atoms with van der Waals surface area (Å²) in [6.07, 6.45) is 0. The third-order valence-corrected chi connectivity index (χ3v) is 2.10. The van der Waals surface area contributed by atoms with Gasteiger partial charge >= 0.3 is 0 Å². The van der Waals surface area contributed by atoms with Gasteiger partial charge < -0.3 is 5.11 Å². The molecule has 0 unspecified atom stereocenters. The van der Waals surface area contributed by atoms with Gasteiger partial charge in [-0.05, 0) is 31.3 Å². The van der Waals surface area contributed by atoms with Crippen molar-refractivity contribution in [3.63, 3.8) is 0 Å². The maximum Gasteiger partial charge on any atom is 0.116 e. The minimum atomic E-state index is 0.266. The van der Waals surface area contributed by atoms with E-state index in [1.807, 2.05) is 13.0 Å². The van der Waals surface area contributed by atoms with Crippen molar-refractivity contribution >= 4 is 18.7 Å². The molecule has 0 fully saturated rings. The van der Waals surface area contributed by atoms with Gasteiger partial charge in [-0.2, -0.15) is 0 Å². The van der Waals surface area contributed by atoms with Crippen LogP contribution >= 0.6 is 11.9 Å². The van der Waals surface area contributed by atoms with Gasteiger partial charge in [0.2, 0.25) is 0 Å². The van der Waals surface area contributed by atoms with E-state index in [4.69, 9.17) is 5.11 Å². The van der Waals surface area contributed by atoms with Gasteiger partial charge in [-0.3, -0.25) is 0 Å². The molecule has 0 aliphatic carbocycles. The van der Waals surface area contributed by atoms with E-state index < -0.39 is 0 Å². The maximum absolute atomic E-state index is 9.09.